The zero-order chi connectivity index (χ0) is 13.4. The van der Waals surface area contributed by atoms with Crippen LogP contribution in [-0.2, 0) is 0 Å². The van der Waals surface area contributed by atoms with Crippen LogP contribution in [0.15, 0.2) is 18.2 Å². The molecule has 0 fully saturated rings. The Labute approximate surface area is 108 Å². The van der Waals surface area contributed by atoms with Crippen LogP contribution in [0.4, 0.5) is 4.39 Å². The minimum absolute atomic E-state index is 0.0532. The van der Waals surface area contributed by atoms with E-state index < -0.39 is 0 Å². The second-order valence-electron chi connectivity index (χ2n) is 4.29. The lowest BCUT2D eigenvalue weighted by Gasteiger charge is -2.15. The molecule has 0 aromatic heterocycles. The van der Waals surface area contributed by atoms with Gasteiger partial charge >= 0.3 is 0 Å². The Kier molecular flexibility index (Phi) is 6.68. The predicted molar refractivity (Wildman–Crippen MR) is 70.3 cm³/mol. The number of ether oxygens (including phenoxy) is 1. The normalized spacial score (nSPS) is 12.4. The maximum absolute atomic E-state index is 13.7. The summed E-state index contributed by atoms with van der Waals surface area (Å²) in [4.78, 5) is 0. The molecule has 0 heterocycles. The van der Waals surface area contributed by atoms with E-state index in [0.29, 0.717) is 13.0 Å². The molecule has 3 nitrogen and oxygen atoms in total. The molecule has 0 aliphatic heterocycles. The van der Waals surface area contributed by atoms with Crippen molar-refractivity contribution in [2.24, 2.45) is 0 Å². The van der Waals surface area contributed by atoms with Crippen LogP contribution in [0.2, 0.25) is 0 Å². The molecule has 0 aliphatic carbocycles. The monoisotopic (exact) mass is 255 g/mol. The average Bonchev–Trinajstić information content (AvgIpc) is 2.38. The minimum atomic E-state index is -0.351. The Morgan fingerprint density at radius 1 is 1.44 bits per heavy atom. The summed E-state index contributed by atoms with van der Waals surface area (Å²) < 4.78 is 19.0. The molecule has 1 atom stereocenters. The van der Waals surface area contributed by atoms with Crippen LogP contribution in [0.3, 0.4) is 0 Å². The largest absolute Gasteiger partial charge is 0.490 e. The zero-order valence-electron chi connectivity index (χ0n) is 11.1. The van der Waals surface area contributed by atoms with Crippen LogP contribution in [0, 0.1) is 5.82 Å². The quantitative estimate of drug-likeness (QED) is 0.702. The number of halogens is 1. The molecule has 4 heteroatoms. The van der Waals surface area contributed by atoms with Gasteiger partial charge in [-0.1, -0.05) is 13.0 Å². The molecule has 0 saturated heterocycles. The number of nitrogens with one attached hydrogen (secondary N) is 1. The summed E-state index contributed by atoms with van der Waals surface area (Å²) in [6.07, 6.45) is 1.56. The maximum Gasteiger partial charge on any atom is 0.165 e. The molecule has 2 N–H and O–H groups in total. The zero-order valence-corrected chi connectivity index (χ0v) is 11.1. The van der Waals surface area contributed by atoms with Gasteiger partial charge in [-0.05, 0) is 37.6 Å². The molecule has 1 aromatic carbocycles. The summed E-state index contributed by atoms with van der Waals surface area (Å²) in [6.45, 7) is 5.40. The summed E-state index contributed by atoms with van der Waals surface area (Å²) in [6, 6.07) is 5.14. The van der Waals surface area contributed by atoms with Crippen molar-refractivity contribution in [2.75, 3.05) is 19.8 Å². The molecule has 0 spiro atoms. The summed E-state index contributed by atoms with van der Waals surface area (Å²) in [5.41, 5.74) is 0.912. The lowest BCUT2D eigenvalue weighted by molar-refractivity contribution is 0.228. The number of benzene rings is 1. The number of rotatable bonds is 8. The SMILES string of the molecule is CCCNC(C)c1ccc(OCCCO)c(F)c1. The molecule has 0 aliphatic rings. The van der Waals surface area contributed by atoms with Gasteiger partial charge in [0.05, 0.1) is 6.61 Å². The second kappa shape index (κ2) is 8.06. The third-order valence-electron chi connectivity index (χ3n) is 2.72. The molecule has 0 saturated carbocycles. The second-order valence-corrected chi connectivity index (χ2v) is 4.29. The fourth-order valence-corrected chi connectivity index (χ4v) is 1.63. The van der Waals surface area contributed by atoms with Crippen molar-refractivity contribution in [3.05, 3.63) is 29.6 Å². The highest BCUT2D eigenvalue weighted by Gasteiger charge is 2.09. The third kappa shape index (κ3) is 4.63. The van der Waals surface area contributed by atoms with Crippen molar-refractivity contribution in [3.63, 3.8) is 0 Å². The van der Waals surface area contributed by atoms with Crippen LogP contribution >= 0.6 is 0 Å². The molecule has 1 rings (SSSR count). The summed E-state index contributed by atoms with van der Waals surface area (Å²) >= 11 is 0. The van der Waals surface area contributed by atoms with Crippen molar-refractivity contribution >= 4 is 0 Å². The van der Waals surface area contributed by atoms with E-state index in [1.165, 1.54) is 6.07 Å². The number of hydrogen-bond acceptors (Lipinski definition) is 3. The third-order valence-corrected chi connectivity index (χ3v) is 2.72. The Morgan fingerprint density at radius 2 is 2.22 bits per heavy atom. The van der Waals surface area contributed by atoms with E-state index in [2.05, 4.69) is 12.2 Å². The van der Waals surface area contributed by atoms with Crippen molar-refractivity contribution < 1.29 is 14.2 Å². The van der Waals surface area contributed by atoms with Crippen LogP contribution in [-0.4, -0.2) is 24.9 Å². The van der Waals surface area contributed by atoms with E-state index in [9.17, 15) is 4.39 Å². The van der Waals surface area contributed by atoms with Gasteiger partial charge in [-0.15, -0.1) is 0 Å². The maximum atomic E-state index is 13.7. The molecule has 18 heavy (non-hydrogen) atoms. The fraction of sp³-hybridized carbons (Fsp3) is 0.571. The van der Waals surface area contributed by atoms with E-state index in [4.69, 9.17) is 9.84 Å². The van der Waals surface area contributed by atoms with Gasteiger partial charge in [0, 0.05) is 19.1 Å². The average molecular weight is 255 g/mol. The van der Waals surface area contributed by atoms with Gasteiger partial charge in [0.15, 0.2) is 11.6 Å². The summed E-state index contributed by atoms with van der Waals surface area (Å²) in [7, 11) is 0. The van der Waals surface area contributed by atoms with E-state index in [0.717, 1.165) is 18.5 Å². The fourth-order valence-electron chi connectivity index (χ4n) is 1.63. The van der Waals surface area contributed by atoms with Gasteiger partial charge in [0.1, 0.15) is 0 Å². The lowest BCUT2D eigenvalue weighted by atomic mass is 10.1. The Hall–Kier alpha value is -1.13. The molecule has 0 radical (unpaired) electrons. The van der Waals surface area contributed by atoms with Crippen molar-refractivity contribution in [1.82, 2.24) is 5.32 Å². The molecule has 1 aromatic rings. The first-order valence-corrected chi connectivity index (χ1v) is 6.45. The van der Waals surface area contributed by atoms with Crippen molar-refractivity contribution in [1.29, 1.82) is 0 Å². The van der Waals surface area contributed by atoms with E-state index in [-0.39, 0.29) is 24.2 Å². The minimum Gasteiger partial charge on any atom is -0.490 e. The molecule has 0 amide bonds. The van der Waals surface area contributed by atoms with Gasteiger partial charge in [0.25, 0.3) is 0 Å². The van der Waals surface area contributed by atoms with E-state index >= 15 is 0 Å². The number of aliphatic hydroxyl groups is 1. The highest BCUT2D eigenvalue weighted by molar-refractivity contribution is 5.30. The first-order chi connectivity index (χ1) is 8.69. The highest BCUT2D eigenvalue weighted by Crippen LogP contribution is 2.22. The van der Waals surface area contributed by atoms with Crippen LogP contribution in [0.5, 0.6) is 5.75 Å². The molecular weight excluding hydrogens is 233 g/mol. The van der Waals surface area contributed by atoms with Crippen LogP contribution in [0.25, 0.3) is 0 Å². The number of aliphatic hydroxyl groups excluding tert-OH is 1. The topological polar surface area (TPSA) is 41.5 Å². The van der Waals surface area contributed by atoms with Gasteiger partial charge in [-0.25, -0.2) is 4.39 Å². The Morgan fingerprint density at radius 3 is 2.83 bits per heavy atom. The Balaban J connectivity index is 2.60. The van der Waals surface area contributed by atoms with Gasteiger partial charge in [-0.3, -0.25) is 0 Å². The lowest BCUT2D eigenvalue weighted by Crippen LogP contribution is -2.19. The van der Waals surface area contributed by atoms with Crippen LogP contribution in [0.1, 0.15) is 38.3 Å². The standard InChI is InChI=1S/C14H22FNO2/c1-3-7-16-11(2)12-5-6-14(13(15)10-12)18-9-4-8-17/h5-6,10-11,16-17H,3-4,7-9H2,1-2H3. The highest BCUT2D eigenvalue weighted by atomic mass is 19.1. The van der Waals surface area contributed by atoms with Crippen molar-refractivity contribution in [3.8, 4) is 5.75 Å². The van der Waals surface area contributed by atoms with Gasteiger partial charge in [-0.2, -0.15) is 0 Å². The summed E-state index contributed by atoms with van der Waals surface area (Å²) in [5.74, 6) is -0.106. The molecule has 102 valence electrons. The smallest absolute Gasteiger partial charge is 0.165 e. The van der Waals surface area contributed by atoms with E-state index in [1.54, 1.807) is 6.07 Å². The van der Waals surface area contributed by atoms with Gasteiger partial charge in [0.2, 0.25) is 0 Å². The van der Waals surface area contributed by atoms with Crippen molar-refractivity contribution in [2.45, 2.75) is 32.7 Å². The molecular formula is C14H22FNO2. The summed E-state index contributed by atoms with van der Waals surface area (Å²) in [5, 5.41) is 11.9. The molecule has 0 bridgehead atoms. The van der Waals surface area contributed by atoms with Gasteiger partial charge < -0.3 is 15.2 Å². The first kappa shape index (κ1) is 14.9. The number of hydrogen-bond donors (Lipinski definition) is 2. The first-order valence-electron chi connectivity index (χ1n) is 6.45. The predicted octanol–water partition coefficient (Wildman–Crippen LogP) is 2.65. The van der Waals surface area contributed by atoms with E-state index in [1.807, 2.05) is 13.0 Å². The molecule has 1 unspecified atom stereocenters. The van der Waals surface area contributed by atoms with Crippen LogP contribution < -0.4 is 10.1 Å². The Bertz CT molecular complexity index is 358.